The van der Waals surface area contributed by atoms with Crippen LogP contribution in [0.4, 0.5) is 0 Å². The Balaban J connectivity index is 2.17. The molecule has 18 heavy (non-hydrogen) atoms. The molecule has 4 heteroatoms. The second-order valence-electron chi connectivity index (χ2n) is 4.12. The fourth-order valence-electron chi connectivity index (χ4n) is 1.54. The topological polar surface area (TPSA) is 39.4 Å². The van der Waals surface area contributed by atoms with E-state index < -0.39 is 0 Å². The van der Waals surface area contributed by atoms with Crippen LogP contribution in [0.5, 0.6) is 5.75 Å². The Morgan fingerprint density at radius 2 is 1.83 bits per heavy atom. The van der Waals surface area contributed by atoms with Crippen LogP contribution in [-0.4, -0.2) is 11.9 Å². The van der Waals surface area contributed by atoms with Crippen molar-refractivity contribution in [2.75, 3.05) is 0 Å². The van der Waals surface area contributed by atoms with E-state index in [4.69, 9.17) is 20.8 Å². The molecule has 1 aromatic heterocycles. The van der Waals surface area contributed by atoms with E-state index in [1.807, 2.05) is 13.8 Å². The third kappa shape index (κ3) is 2.93. The molecule has 0 radical (unpaired) electrons. The van der Waals surface area contributed by atoms with Crippen molar-refractivity contribution >= 4 is 17.4 Å². The molecule has 0 atom stereocenters. The predicted molar refractivity (Wildman–Crippen MR) is 69.4 cm³/mol. The van der Waals surface area contributed by atoms with Gasteiger partial charge in [-0.05, 0) is 61.8 Å². The molecular weight excluding hydrogens is 252 g/mol. The summed E-state index contributed by atoms with van der Waals surface area (Å²) >= 11 is 5.64. The van der Waals surface area contributed by atoms with Crippen molar-refractivity contribution in [1.82, 2.24) is 0 Å². The van der Waals surface area contributed by atoms with E-state index in [2.05, 4.69) is 0 Å². The second kappa shape index (κ2) is 5.27. The highest BCUT2D eigenvalue weighted by Crippen LogP contribution is 2.19. The summed E-state index contributed by atoms with van der Waals surface area (Å²) in [5.41, 5.74) is 0.539. The van der Waals surface area contributed by atoms with Gasteiger partial charge in [0.2, 0.25) is 5.78 Å². The molecule has 0 amide bonds. The molecule has 0 bridgehead atoms. The Morgan fingerprint density at radius 3 is 2.33 bits per heavy atom. The molecule has 0 unspecified atom stereocenters. The summed E-state index contributed by atoms with van der Waals surface area (Å²) in [5, 5.41) is 0.207. The maximum absolute atomic E-state index is 12.0. The lowest BCUT2D eigenvalue weighted by Crippen LogP contribution is -2.06. The Kier molecular flexibility index (Phi) is 3.72. The smallest absolute Gasteiger partial charge is 0.228 e. The number of carbonyl (C=O) groups is 1. The van der Waals surface area contributed by atoms with Gasteiger partial charge < -0.3 is 9.15 Å². The molecule has 0 N–H and O–H groups in total. The van der Waals surface area contributed by atoms with Crippen LogP contribution in [0.1, 0.15) is 30.0 Å². The lowest BCUT2D eigenvalue weighted by Gasteiger charge is -2.09. The molecule has 94 valence electrons. The third-order valence-corrected chi connectivity index (χ3v) is 2.49. The zero-order valence-corrected chi connectivity index (χ0v) is 10.9. The molecule has 3 nitrogen and oxygen atoms in total. The van der Waals surface area contributed by atoms with E-state index in [-0.39, 0.29) is 22.9 Å². The fraction of sp³-hybridized carbons (Fsp3) is 0.214. The Labute approximate surface area is 110 Å². The van der Waals surface area contributed by atoms with Gasteiger partial charge in [-0.3, -0.25) is 4.79 Å². The summed E-state index contributed by atoms with van der Waals surface area (Å²) in [6.07, 6.45) is 0.107. The number of halogens is 1. The van der Waals surface area contributed by atoms with Crippen LogP contribution in [0.3, 0.4) is 0 Å². The summed E-state index contributed by atoms with van der Waals surface area (Å²) in [6, 6.07) is 10.0. The summed E-state index contributed by atoms with van der Waals surface area (Å²) < 4.78 is 10.6. The molecular formula is C14H13ClO3. The monoisotopic (exact) mass is 264 g/mol. The van der Waals surface area contributed by atoms with E-state index in [1.54, 1.807) is 36.4 Å². The van der Waals surface area contributed by atoms with Gasteiger partial charge >= 0.3 is 0 Å². The first-order valence-corrected chi connectivity index (χ1v) is 6.01. The van der Waals surface area contributed by atoms with Crippen LogP contribution >= 0.6 is 11.6 Å². The lowest BCUT2D eigenvalue weighted by molar-refractivity contribution is 0.101. The number of ether oxygens (including phenoxy) is 1. The van der Waals surface area contributed by atoms with Crippen LogP contribution in [-0.2, 0) is 0 Å². The molecule has 2 aromatic rings. The maximum atomic E-state index is 12.0. The number of hydrogen-bond acceptors (Lipinski definition) is 3. The van der Waals surface area contributed by atoms with Crippen LogP contribution in [0.15, 0.2) is 40.8 Å². The van der Waals surface area contributed by atoms with Crippen molar-refractivity contribution in [1.29, 1.82) is 0 Å². The average molecular weight is 265 g/mol. The van der Waals surface area contributed by atoms with Gasteiger partial charge in [0.15, 0.2) is 11.0 Å². The van der Waals surface area contributed by atoms with Crippen molar-refractivity contribution in [2.45, 2.75) is 20.0 Å². The van der Waals surface area contributed by atoms with E-state index in [0.717, 1.165) is 5.75 Å². The molecule has 0 saturated heterocycles. The van der Waals surface area contributed by atoms with Gasteiger partial charge in [0.1, 0.15) is 5.75 Å². The van der Waals surface area contributed by atoms with Gasteiger partial charge in [0, 0.05) is 5.56 Å². The quantitative estimate of drug-likeness (QED) is 0.785. The zero-order chi connectivity index (χ0) is 13.1. The molecule has 0 fully saturated rings. The van der Waals surface area contributed by atoms with Gasteiger partial charge in [-0.15, -0.1) is 0 Å². The van der Waals surface area contributed by atoms with E-state index >= 15 is 0 Å². The highest BCUT2D eigenvalue weighted by Gasteiger charge is 2.13. The average Bonchev–Trinajstić information content (AvgIpc) is 2.75. The highest BCUT2D eigenvalue weighted by atomic mass is 35.5. The van der Waals surface area contributed by atoms with Crippen molar-refractivity contribution in [3.63, 3.8) is 0 Å². The van der Waals surface area contributed by atoms with Gasteiger partial charge in [-0.25, -0.2) is 0 Å². The molecule has 0 spiro atoms. The minimum absolute atomic E-state index is 0.107. The molecule has 0 aliphatic rings. The number of furan rings is 1. The zero-order valence-electron chi connectivity index (χ0n) is 10.1. The SMILES string of the molecule is CC(C)Oc1ccc(C(=O)c2ccc(Cl)o2)cc1. The number of benzene rings is 1. The summed E-state index contributed by atoms with van der Waals surface area (Å²) in [6.45, 7) is 3.90. The van der Waals surface area contributed by atoms with Crippen molar-refractivity contribution < 1.29 is 13.9 Å². The summed E-state index contributed by atoms with van der Waals surface area (Å²) in [4.78, 5) is 12.0. The first kappa shape index (κ1) is 12.7. The number of hydrogen-bond donors (Lipinski definition) is 0. The van der Waals surface area contributed by atoms with Crippen LogP contribution < -0.4 is 4.74 Å². The van der Waals surface area contributed by atoms with Crippen molar-refractivity contribution in [3.05, 3.63) is 52.9 Å². The molecule has 2 rings (SSSR count). The van der Waals surface area contributed by atoms with Gasteiger partial charge in [0.05, 0.1) is 6.10 Å². The largest absolute Gasteiger partial charge is 0.491 e. The molecule has 0 aliphatic carbocycles. The molecule has 0 saturated carbocycles. The first-order chi connectivity index (χ1) is 8.56. The second-order valence-corrected chi connectivity index (χ2v) is 4.50. The fourth-order valence-corrected chi connectivity index (χ4v) is 1.68. The van der Waals surface area contributed by atoms with Gasteiger partial charge in [-0.1, -0.05) is 0 Å². The predicted octanol–water partition coefficient (Wildman–Crippen LogP) is 3.95. The Morgan fingerprint density at radius 1 is 1.17 bits per heavy atom. The minimum atomic E-state index is -0.196. The maximum Gasteiger partial charge on any atom is 0.228 e. The molecule has 0 aliphatic heterocycles. The minimum Gasteiger partial charge on any atom is -0.491 e. The number of ketones is 1. The summed E-state index contributed by atoms with van der Waals surface area (Å²) in [5.74, 6) is 0.773. The highest BCUT2D eigenvalue weighted by molar-refractivity contribution is 6.29. The van der Waals surface area contributed by atoms with Gasteiger partial charge in [0.25, 0.3) is 0 Å². The molecule has 1 heterocycles. The van der Waals surface area contributed by atoms with Crippen LogP contribution in [0, 0.1) is 0 Å². The van der Waals surface area contributed by atoms with Crippen molar-refractivity contribution in [2.24, 2.45) is 0 Å². The Hall–Kier alpha value is -1.74. The number of carbonyl (C=O) groups excluding carboxylic acids is 1. The Bertz CT molecular complexity index is 540. The van der Waals surface area contributed by atoms with Crippen LogP contribution in [0.2, 0.25) is 5.22 Å². The lowest BCUT2D eigenvalue weighted by atomic mass is 10.1. The van der Waals surface area contributed by atoms with Crippen molar-refractivity contribution in [3.8, 4) is 5.75 Å². The normalized spacial score (nSPS) is 10.7. The van der Waals surface area contributed by atoms with E-state index in [0.29, 0.717) is 5.56 Å². The molecule has 1 aromatic carbocycles. The number of rotatable bonds is 4. The van der Waals surface area contributed by atoms with Gasteiger partial charge in [-0.2, -0.15) is 0 Å². The standard InChI is InChI=1S/C14H13ClO3/c1-9(2)17-11-5-3-10(4-6-11)14(16)12-7-8-13(15)18-12/h3-9H,1-2H3. The third-order valence-electron chi connectivity index (χ3n) is 2.29. The van der Waals surface area contributed by atoms with E-state index in [9.17, 15) is 4.79 Å². The van der Waals surface area contributed by atoms with Crippen LogP contribution in [0.25, 0.3) is 0 Å². The van der Waals surface area contributed by atoms with E-state index in [1.165, 1.54) is 0 Å². The first-order valence-electron chi connectivity index (χ1n) is 5.63. The summed E-state index contributed by atoms with van der Waals surface area (Å²) in [7, 11) is 0.